The molecule has 3 aromatic carbocycles. The molecule has 0 saturated heterocycles. The van der Waals surface area contributed by atoms with Gasteiger partial charge in [-0.25, -0.2) is 0 Å². The highest BCUT2D eigenvalue weighted by molar-refractivity contribution is 8.00. The van der Waals surface area contributed by atoms with E-state index in [4.69, 9.17) is 11.6 Å². The Balaban J connectivity index is 1.56. The van der Waals surface area contributed by atoms with Gasteiger partial charge in [0.2, 0.25) is 5.91 Å². The number of hydrogen-bond donors (Lipinski definition) is 2. The van der Waals surface area contributed by atoms with Crippen molar-refractivity contribution in [2.24, 2.45) is 0 Å². The second kappa shape index (κ2) is 10.3. The predicted octanol–water partition coefficient (Wildman–Crippen LogP) is 5.93. The summed E-state index contributed by atoms with van der Waals surface area (Å²) in [5, 5.41) is 16.6. The third-order valence-corrected chi connectivity index (χ3v) is 6.09. The molecule has 2 N–H and O–H groups in total. The minimum absolute atomic E-state index is 0.0773. The van der Waals surface area contributed by atoms with Gasteiger partial charge in [0.15, 0.2) is 0 Å². The minimum Gasteiger partial charge on any atom is -0.325 e. The van der Waals surface area contributed by atoms with Gasteiger partial charge in [-0.1, -0.05) is 17.7 Å². The Bertz CT molecular complexity index is 1150. The van der Waals surface area contributed by atoms with Crippen molar-refractivity contribution in [3.63, 3.8) is 0 Å². The average Bonchev–Trinajstić information content (AvgIpc) is 2.77. The number of carbonyl (C=O) groups excluding carboxylic acids is 2. The lowest BCUT2D eigenvalue weighted by atomic mass is 10.2. The fourth-order valence-corrected chi connectivity index (χ4v) is 3.77. The summed E-state index contributed by atoms with van der Waals surface area (Å²) in [6, 6.07) is 17.8. The van der Waals surface area contributed by atoms with Crippen molar-refractivity contribution in [3.8, 4) is 0 Å². The fraction of sp³-hybridized carbons (Fsp3) is 0.130. The Hall–Kier alpha value is -3.36. The molecule has 0 aliphatic carbocycles. The summed E-state index contributed by atoms with van der Waals surface area (Å²) in [5.74, 6) is -0.518. The second-order valence-corrected chi connectivity index (χ2v) is 8.82. The molecule has 164 valence electrons. The Morgan fingerprint density at radius 2 is 1.59 bits per heavy atom. The fourth-order valence-electron chi connectivity index (χ4n) is 2.73. The topological polar surface area (TPSA) is 101 Å². The number of thioether (sulfide) groups is 1. The summed E-state index contributed by atoms with van der Waals surface area (Å²) >= 11 is 7.49. The Morgan fingerprint density at radius 3 is 2.19 bits per heavy atom. The largest absolute Gasteiger partial charge is 0.325 e. The second-order valence-electron chi connectivity index (χ2n) is 7.00. The molecule has 7 nitrogen and oxygen atoms in total. The van der Waals surface area contributed by atoms with Gasteiger partial charge in [-0.2, -0.15) is 0 Å². The molecule has 9 heteroatoms. The molecule has 0 heterocycles. The van der Waals surface area contributed by atoms with Crippen LogP contribution in [0.3, 0.4) is 0 Å². The van der Waals surface area contributed by atoms with Crippen LogP contribution in [-0.2, 0) is 4.79 Å². The quantitative estimate of drug-likeness (QED) is 0.254. The van der Waals surface area contributed by atoms with Gasteiger partial charge in [0.1, 0.15) is 0 Å². The van der Waals surface area contributed by atoms with Crippen LogP contribution in [0.4, 0.5) is 17.1 Å². The molecule has 2 amide bonds. The highest BCUT2D eigenvalue weighted by atomic mass is 35.5. The summed E-state index contributed by atoms with van der Waals surface area (Å²) < 4.78 is 0. The van der Waals surface area contributed by atoms with Crippen LogP contribution in [0.5, 0.6) is 0 Å². The molecule has 32 heavy (non-hydrogen) atoms. The smallest absolute Gasteiger partial charge is 0.269 e. The van der Waals surface area contributed by atoms with E-state index in [1.54, 1.807) is 31.2 Å². The van der Waals surface area contributed by atoms with Crippen LogP contribution in [-0.4, -0.2) is 22.0 Å². The van der Waals surface area contributed by atoms with Gasteiger partial charge in [0, 0.05) is 39.0 Å². The first kappa shape index (κ1) is 23.3. The summed E-state index contributed by atoms with van der Waals surface area (Å²) in [6.07, 6.45) is 0. The predicted molar refractivity (Wildman–Crippen MR) is 128 cm³/mol. The number of hydrogen-bond acceptors (Lipinski definition) is 5. The van der Waals surface area contributed by atoms with Gasteiger partial charge in [0.25, 0.3) is 11.6 Å². The van der Waals surface area contributed by atoms with Gasteiger partial charge in [0.05, 0.1) is 10.2 Å². The van der Waals surface area contributed by atoms with Crippen molar-refractivity contribution in [3.05, 3.63) is 93.0 Å². The van der Waals surface area contributed by atoms with Crippen LogP contribution in [0, 0.1) is 17.0 Å². The molecule has 0 aromatic heterocycles. The van der Waals surface area contributed by atoms with Gasteiger partial charge in [-0.05, 0) is 67.9 Å². The lowest BCUT2D eigenvalue weighted by molar-refractivity contribution is -0.384. The summed E-state index contributed by atoms with van der Waals surface area (Å²) in [6.45, 7) is 3.70. The maximum absolute atomic E-state index is 12.5. The molecule has 0 spiro atoms. The first-order valence-electron chi connectivity index (χ1n) is 9.62. The van der Waals surface area contributed by atoms with E-state index < -0.39 is 4.92 Å². The number of halogens is 1. The van der Waals surface area contributed by atoms with Crippen LogP contribution < -0.4 is 10.6 Å². The SMILES string of the molecule is Cc1ccc(NC(=O)C(C)Sc2ccc(NC(=O)c3ccc([N+](=O)[O-])cc3)cc2)cc1Cl. The first-order chi connectivity index (χ1) is 15.2. The number of nitrogens with zero attached hydrogens (tertiary/aromatic N) is 1. The third kappa shape index (κ3) is 6.09. The van der Waals surface area contributed by atoms with Crippen LogP contribution >= 0.6 is 23.4 Å². The minimum atomic E-state index is -0.519. The number of nitro benzene ring substituents is 1. The normalized spacial score (nSPS) is 11.5. The molecule has 0 aliphatic heterocycles. The number of carbonyl (C=O) groups is 2. The zero-order valence-corrected chi connectivity index (χ0v) is 18.9. The molecule has 0 bridgehead atoms. The van der Waals surface area contributed by atoms with E-state index >= 15 is 0 Å². The van der Waals surface area contributed by atoms with E-state index in [2.05, 4.69) is 10.6 Å². The van der Waals surface area contributed by atoms with E-state index in [1.807, 2.05) is 25.1 Å². The number of nitro groups is 1. The van der Waals surface area contributed by atoms with E-state index in [0.717, 1.165) is 10.5 Å². The molecule has 0 fully saturated rings. The molecular weight excluding hydrogens is 450 g/mol. The van der Waals surface area contributed by atoms with Crippen LogP contribution in [0.25, 0.3) is 0 Å². The standard InChI is InChI=1S/C23H20ClN3O4S/c1-14-3-6-18(13-21(14)24)26-22(28)15(2)32-20-11-7-17(8-12-20)25-23(29)16-4-9-19(10-5-16)27(30)31/h3-13,15H,1-2H3,(H,25,29)(H,26,28). The monoisotopic (exact) mass is 469 g/mol. The van der Waals surface area contributed by atoms with Crippen molar-refractivity contribution < 1.29 is 14.5 Å². The molecule has 1 unspecified atom stereocenters. The molecule has 3 rings (SSSR count). The number of amides is 2. The van der Waals surface area contributed by atoms with E-state index in [-0.39, 0.29) is 22.8 Å². The molecule has 0 aliphatic rings. The lowest BCUT2D eigenvalue weighted by Gasteiger charge is -2.13. The number of aryl methyl sites for hydroxylation is 1. The van der Waals surface area contributed by atoms with Crippen molar-refractivity contribution in [1.29, 1.82) is 0 Å². The van der Waals surface area contributed by atoms with Crippen molar-refractivity contribution >= 4 is 52.2 Å². The molecule has 3 aromatic rings. The number of non-ortho nitro benzene ring substituents is 1. The van der Waals surface area contributed by atoms with Crippen LogP contribution in [0.15, 0.2) is 71.6 Å². The number of benzene rings is 3. The van der Waals surface area contributed by atoms with Gasteiger partial charge in [-0.3, -0.25) is 19.7 Å². The van der Waals surface area contributed by atoms with Crippen LogP contribution in [0.2, 0.25) is 5.02 Å². The van der Waals surface area contributed by atoms with Gasteiger partial charge >= 0.3 is 0 Å². The highest BCUT2D eigenvalue weighted by Crippen LogP contribution is 2.27. The van der Waals surface area contributed by atoms with Crippen LogP contribution in [0.1, 0.15) is 22.8 Å². The summed E-state index contributed by atoms with van der Waals surface area (Å²) in [5.41, 5.74) is 2.39. The number of rotatable bonds is 7. The maximum atomic E-state index is 12.5. The number of nitrogens with one attached hydrogen (secondary N) is 2. The van der Waals surface area contributed by atoms with Crippen molar-refractivity contribution in [2.45, 2.75) is 24.0 Å². The summed E-state index contributed by atoms with van der Waals surface area (Å²) in [4.78, 5) is 35.8. The lowest BCUT2D eigenvalue weighted by Crippen LogP contribution is -2.22. The Morgan fingerprint density at radius 1 is 0.969 bits per heavy atom. The zero-order valence-electron chi connectivity index (χ0n) is 17.3. The maximum Gasteiger partial charge on any atom is 0.269 e. The van der Waals surface area contributed by atoms with E-state index in [0.29, 0.717) is 22.0 Å². The van der Waals surface area contributed by atoms with E-state index in [1.165, 1.54) is 36.0 Å². The van der Waals surface area contributed by atoms with Gasteiger partial charge in [-0.15, -0.1) is 11.8 Å². The van der Waals surface area contributed by atoms with E-state index in [9.17, 15) is 19.7 Å². The zero-order chi connectivity index (χ0) is 23.3. The first-order valence-corrected chi connectivity index (χ1v) is 10.9. The van der Waals surface area contributed by atoms with Gasteiger partial charge < -0.3 is 10.6 Å². The third-order valence-electron chi connectivity index (χ3n) is 4.57. The highest BCUT2D eigenvalue weighted by Gasteiger charge is 2.15. The molecule has 0 saturated carbocycles. The number of anilines is 2. The molecule has 0 radical (unpaired) electrons. The molecule has 1 atom stereocenters. The average molecular weight is 470 g/mol. The molecular formula is C23H20ClN3O4S. The Labute approximate surface area is 194 Å². The Kier molecular flexibility index (Phi) is 7.50. The van der Waals surface area contributed by atoms with Crippen molar-refractivity contribution in [1.82, 2.24) is 0 Å². The van der Waals surface area contributed by atoms with Crippen molar-refractivity contribution in [2.75, 3.05) is 10.6 Å². The summed E-state index contributed by atoms with van der Waals surface area (Å²) in [7, 11) is 0.